The van der Waals surface area contributed by atoms with E-state index >= 15 is 0 Å². The van der Waals surface area contributed by atoms with Crippen LogP contribution in [-0.2, 0) is 20.7 Å². The van der Waals surface area contributed by atoms with Crippen LogP contribution in [0.25, 0.3) is 0 Å². The van der Waals surface area contributed by atoms with Gasteiger partial charge in [-0.2, -0.15) is 0 Å². The van der Waals surface area contributed by atoms with Crippen molar-refractivity contribution in [3.8, 4) is 0 Å². The molecule has 2 bridgehead atoms. The van der Waals surface area contributed by atoms with Crippen LogP contribution in [0.15, 0.2) is 30.3 Å². The Balaban J connectivity index is 1.74. The van der Waals surface area contributed by atoms with Crippen molar-refractivity contribution in [1.29, 1.82) is 0 Å². The summed E-state index contributed by atoms with van der Waals surface area (Å²) >= 11 is 0. The lowest BCUT2D eigenvalue weighted by Gasteiger charge is -2.61. The molecule has 1 aromatic carbocycles. The number of carbonyl (C=O) groups is 2. The molecule has 0 saturated heterocycles. The third-order valence-corrected chi connectivity index (χ3v) is 6.00. The fourth-order valence-electron chi connectivity index (χ4n) is 4.53. The lowest BCUT2D eigenvalue weighted by Crippen LogP contribution is -2.59. The predicted molar refractivity (Wildman–Crippen MR) is 88.8 cm³/mol. The van der Waals surface area contributed by atoms with E-state index < -0.39 is 0 Å². The topological polar surface area (TPSA) is 43.4 Å². The molecular weight excluding hydrogens is 288 g/mol. The summed E-state index contributed by atoms with van der Waals surface area (Å²) in [6, 6.07) is 10.4. The molecule has 0 unspecified atom stereocenters. The summed E-state index contributed by atoms with van der Waals surface area (Å²) in [5, 5.41) is 0. The third-order valence-electron chi connectivity index (χ3n) is 6.00. The van der Waals surface area contributed by atoms with Gasteiger partial charge in [0.1, 0.15) is 18.3 Å². The van der Waals surface area contributed by atoms with E-state index in [1.807, 2.05) is 6.07 Å². The van der Waals surface area contributed by atoms with E-state index in [0.717, 1.165) is 25.2 Å². The predicted octanol–water partition coefficient (Wildman–Crippen LogP) is 3.80. The van der Waals surface area contributed by atoms with Gasteiger partial charge in [-0.25, -0.2) is 0 Å². The van der Waals surface area contributed by atoms with Gasteiger partial charge in [0.2, 0.25) is 0 Å². The molecule has 3 heteroatoms. The molecule has 0 aromatic heterocycles. The van der Waals surface area contributed by atoms with Gasteiger partial charge in [-0.15, -0.1) is 0 Å². The monoisotopic (exact) mass is 314 g/mol. The molecule has 3 aliphatic carbocycles. The Bertz CT molecular complexity index is 590. The Kier molecular flexibility index (Phi) is 4.31. The Labute approximate surface area is 138 Å². The van der Waals surface area contributed by atoms with E-state index in [1.165, 1.54) is 12.5 Å². The molecule has 3 aliphatic rings. The van der Waals surface area contributed by atoms with Gasteiger partial charge in [-0.1, -0.05) is 44.2 Å². The van der Waals surface area contributed by atoms with E-state index in [9.17, 15) is 9.59 Å². The van der Waals surface area contributed by atoms with Crippen molar-refractivity contribution >= 4 is 11.8 Å². The van der Waals surface area contributed by atoms with Gasteiger partial charge >= 0.3 is 5.97 Å². The highest BCUT2D eigenvalue weighted by atomic mass is 16.5. The van der Waals surface area contributed by atoms with Crippen molar-refractivity contribution in [2.75, 3.05) is 0 Å². The Morgan fingerprint density at radius 2 is 1.87 bits per heavy atom. The van der Waals surface area contributed by atoms with Gasteiger partial charge in [-0.3, -0.25) is 9.59 Å². The lowest BCUT2D eigenvalue weighted by molar-refractivity contribution is -0.198. The third kappa shape index (κ3) is 3.19. The SMILES string of the molecule is CC(=O)CC(=O)O[C@H]1[C@H](Cc2ccccc2)C[C@H]2C[C@@H]1C2(C)C. The summed E-state index contributed by atoms with van der Waals surface area (Å²) in [6.07, 6.45) is 3.04. The van der Waals surface area contributed by atoms with Gasteiger partial charge in [0.25, 0.3) is 0 Å². The molecule has 0 aliphatic heterocycles. The summed E-state index contributed by atoms with van der Waals surface area (Å²) in [4.78, 5) is 23.2. The highest BCUT2D eigenvalue weighted by Crippen LogP contribution is 2.61. The van der Waals surface area contributed by atoms with E-state index in [-0.39, 0.29) is 29.7 Å². The highest BCUT2D eigenvalue weighted by Gasteiger charge is 2.59. The maximum Gasteiger partial charge on any atom is 0.313 e. The lowest BCUT2D eigenvalue weighted by atomic mass is 9.45. The van der Waals surface area contributed by atoms with Crippen molar-refractivity contribution < 1.29 is 14.3 Å². The number of ether oxygens (including phenoxy) is 1. The first-order valence-corrected chi connectivity index (χ1v) is 8.60. The average molecular weight is 314 g/mol. The number of benzene rings is 1. The molecule has 4 rings (SSSR count). The summed E-state index contributed by atoms with van der Waals surface area (Å²) in [5.41, 5.74) is 1.54. The minimum absolute atomic E-state index is 0.0537. The second-order valence-corrected chi connectivity index (χ2v) is 7.88. The molecule has 4 atom stereocenters. The molecule has 0 radical (unpaired) electrons. The van der Waals surface area contributed by atoms with Gasteiger partial charge in [0.05, 0.1) is 0 Å². The molecule has 23 heavy (non-hydrogen) atoms. The van der Waals surface area contributed by atoms with Crippen molar-refractivity contribution in [1.82, 2.24) is 0 Å². The first-order valence-electron chi connectivity index (χ1n) is 8.60. The first kappa shape index (κ1) is 16.2. The van der Waals surface area contributed by atoms with Crippen LogP contribution in [0.5, 0.6) is 0 Å². The number of esters is 1. The average Bonchev–Trinajstić information content (AvgIpc) is 2.48. The standard InChI is InChI=1S/C20H26O3/c1-13(21)9-18(22)23-19-15(10-14-7-5-4-6-8-14)11-16-12-17(19)20(16,2)3/h4-8,15-17,19H,9-12H2,1-3H3/t15-,16+,17+,19+/m1/s1. The number of rotatable bonds is 5. The minimum atomic E-state index is -0.360. The maximum atomic E-state index is 12.1. The summed E-state index contributed by atoms with van der Waals surface area (Å²) in [5.74, 6) is 1.03. The van der Waals surface area contributed by atoms with E-state index in [4.69, 9.17) is 4.74 Å². The normalized spacial score (nSPS) is 31.1. The number of ketones is 1. The zero-order valence-electron chi connectivity index (χ0n) is 14.2. The smallest absolute Gasteiger partial charge is 0.313 e. The van der Waals surface area contributed by atoms with Crippen molar-refractivity contribution in [2.45, 2.75) is 52.6 Å². The molecule has 0 spiro atoms. The molecule has 0 heterocycles. The summed E-state index contributed by atoms with van der Waals surface area (Å²) < 4.78 is 5.81. The quantitative estimate of drug-likeness (QED) is 0.613. The minimum Gasteiger partial charge on any atom is -0.461 e. The van der Waals surface area contributed by atoms with Crippen LogP contribution in [0.1, 0.15) is 45.6 Å². The van der Waals surface area contributed by atoms with Gasteiger partial charge in [0, 0.05) is 11.8 Å². The van der Waals surface area contributed by atoms with Crippen LogP contribution in [0.3, 0.4) is 0 Å². The number of hydrogen-bond acceptors (Lipinski definition) is 3. The van der Waals surface area contributed by atoms with Gasteiger partial charge in [0.15, 0.2) is 0 Å². The Hall–Kier alpha value is -1.64. The molecule has 124 valence electrons. The molecule has 0 N–H and O–H groups in total. The second kappa shape index (κ2) is 6.10. The number of hydrogen-bond donors (Lipinski definition) is 0. The van der Waals surface area contributed by atoms with Crippen LogP contribution in [0.4, 0.5) is 0 Å². The fourth-order valence-corrected chi connectivity index (χ4v) is 4.53. The van der Waals surface area contributed by atoms with E-state index in [0.29, 0.717) is 11.8 Å². The first-order chi connectivity index (χ1) is 10.9. The zero-order valence-corrected chi connectivity index (χ0v) is 14.2. The van der Waals surface area contributed by atoms with Crippen molar-refractivity contribution in [2.24, 2.45) is 23.2 Å². The summed E-state index contributed by atoms with van der Waals surface area (Å²) in [7, 11) is 0. The highest BCUT2D eigenvalue weighted by molar-refractivity contribution is 5.94. The molecular formula is C20H26O3. The van der Waals surface area contributed by atoms with Crippen molar-refractivity contribution in [3.63, 3.8) is 0 Å². The largest absolute Gasteiger partial charge is 0.461 e. The summed E-state index contributed by atoms with van der Waals surface area (Å²) in [6.45, 7) is 6.01. The van der Waals surface area contributed by atoms with Crippen LogP contribution < -0.4 is 0 Å². The molecule has 3 nitrogen and oxygen atoms in total. The molecule has 1 aromatic rings. The zero-order chi connectivity index (χ0) is 16.6. The van der Waals surface area contributed by atoms with E-state index in [1.54, 1.807) is 0 Å². The van der Waals surface area contributed by atoms with Gasteiger partial charge < -0.3 is 4.74 Å². The van der Waals surface area contributed by atoms with Crippen LogP contribution in [-0.4, -0.2) is 17.9 Å². The second-order valence-electron chi connectivity index (χ2n) is 7.88. The molecule has 3 saturated carbocycles. The van der Waals surface area contributed by atoms with Crippen molar-refractivity contribution in [3.05, 3.63) is 35.9 Å². The van der Waals surface area contributed by atoms with E-state index in [2.05, 4.69) is 38.1 Å². The maximum absolute atomic E-state index is 12.1. The van der Waals surface area contributed by atoms with Crippen LogP contribution in [0.2, 0.25) is 0 Å². The Morgan fingerprint density at radius 1 is 1.17 bits per heavy atom. The van der Waals surface area contributed by atoms with Crippen LogP contribution >= 0.6 is 0 Å². The molecule has 3 fully saturated rings. The fraction of sp³-hybridized carbons (Fsp3) is 0.600. The van der Waals surface area contributed by atoms with Crippen LogP contribution in [0, 0.1) is 23.2 Å². The number of carbonyl (C=O) groups excluding carboxylic acids is 2. The molecule has 0 amide bonds. The number of Topliss-reactive ketones (excluding diaryl/α,β-unsaturated/α-hetero) is 1. The Morgan fingerprint density at radius 3 is 2.48 bits per heavy atom. The van der Waals surface area contributed by atoms with Gasteiger partial charge in [-0.05, 0) is 43.1 Å². The number of fused-ring (bicyclic) bond motifs is 2.